The maximum absolute atomic E-state index is 13.2. The van der Waals surface area contributed by atoms with Gasteiger partial charge in [0.25, 0.3) is 0 Å². The van der Waals surface area contributed by atoms with Crippen molar-refractivity contribution in [2.45, 2.75) is 38.4 Å². The molecule has 31 heavy (non-hydrogen) atoms. The lowest BCUT2D eigenvalue weighted by Gasteiger charge is -2.38. The van der Waals surface area contributed by atoms with Crippen LogP contribution in [0.2, 0.25) is 0 Å². The van der Waals surface area contributed by atoms with Crippen LogP contribution in [0.3, 0.4) is 0 Å². The summed E-state index contributed by atoms with van der Waals surface area (Å²) in [5.74, 6) is -2.23. The number of carboxylic acid groups (broad SMARTS) is 1. The highest BCUT2D eigenvalue weighted by atomic mass is 19.4. The van der Waals surface area contributed by atoms with Crippen molar-refractivity contribution in [1.82, 2.24) is 19.6 Å². The number of carbonyl (C=O) groups is 2. The fraction of sp³-hybridized carbons (Fsp3) is 0.750. The Morgan fingerprint density at radius 2 is 1.87 bits per heavy atom. The second-order valence-corrected chi connectivity index (χ2v) is 8.55. The van der Waals surface area contributed by atoms with Crippen molar-refractivity contribution in [2.75, 3.05) is 39.4 Å². The first-order valence-electron chi connectivity index (χ1n) is 10.5. The summed E-state index contributed by atoms with van der Waals surface area (Å²) in [6.07, 6.45) is 3.28. The summed E-state index contributed by atoms with van der Waals surface area (Å²) < 4.78 is 39.2. The Morgan fingerprint density at radius 1 is 1.26 bits per heavy atom. The fourth-order valence-corrected chi connectivity index (χ4v) is 4.79. The molecule has 1 unspecified atom stereocenters. The summed E-state index contributed by atoms with van der Waals surface area (Å²) in [5.41, 5.74) is 1.34. The summed E-state index contributed by atoms with van der Waals surface area (Å²) in [6, 6.07) is 0. The van der Waals surface area contributed by atoms with Gasteiger partial charge in [0.1, 0.15) is 0 Å². The molecule has 1 spiro atoms. The lowest BCUT2D eigenvalue weighted by Crippen LogP contribution is -2.45. The normalized spacial score (nSPS) is 23.6. The third-order valence-electron chi connectivity index (χ3n) is 6.33. The largest absolute Gasteiger partial charge is 0.490 e. The summed E-state index contributed by atoms with van der Waals surface area (Å²) in [7, 11) is 1.95. The summed E-state index contributed by atoms with van der Waals surface area (Å²) in [6.45, 7) is 6.27. The standard InChI is InChI=1S/C18H28N4O2.C2HF3O2/c1-20-11-15(10-19-20)12-21-13-16(17(23)22-6-2-3-7-22)18(14-21)4-8-24-9-5-18;3-2(4,5)1(6)7/h10-11,16H,2-9,12-14H2,1H3;(H,6,7). The Bertz CT molecular complexity index is 771. The van der Waals surface area contributed by atoms with Crippen LogP contribution in [0.25, 0.3) is 0 Å². The van der Waals surface area contributed by atoms with E-state index < -0.39 is 12.1 Å². The van der Waals surface area contributed by atoms with E-state index in [0.717, 1.165) is 71.6 Å². The minimum absolute atomic E-state index is 0.111. The maximum atomic E-state index is 13.2. The molecule has 174 valence electrons. The average Bonchev–Trinajstić information content (AvgIpc) is 3.43. The van der Waals surface area contributed by atoms with Crippen molar-refractivity contribution in [3.63, 3.8) is 0 Å². The molecular formula is C20H29F3N4O4. The lowest BCUT2D eigenvalue weighted by atomic mass is 9.71. The van der Waals surface area contributed by atoms with E-state index in [9.17, 15) is 18.0 Å². The molecule has 3 saturated heterocycles. The number of aliphatic carboxylic acids is 1. The number of carbonyl (C=O) groups excluding carboxylic acids is 1. The van der Waals surface area contributed by atoms with Gasteiger partial charge in [-0.25, -0.2) is 4.79 Å². The van der Waals surface area contributed by atoms with Gasteiger partial charge in [0.05, 0.1) is 12.1 Å². The number of carboxylic acids is 1. The lowest BCUT2D eigenvalue weighted by molar-refractivity contribution is -0.192. The topological polar surface area (TPSA) is 87.9 Å². The average molecular weight is 446 g/mol. The van der Waals surface area contributed by atoms with Crippen molar-refractivity contribution >= 4 is 11.9 Å². The van der Waals surface area contributed by atoms with Gasteiger partial charge in [-0.1, -0.05) is 0 Å². The second kappa shape index (κ2) is 9.56. The minimum Gasteiger partial charge on any atom is -0.475 e. The number of rotatable bonds is 3. The number of alkyl halides is 3. The highest BCUT2D eigenvalue weighted by molar-refractivity contribution is 5.80. The van der Waals surface area contributed by atoms with E-state index in [0.29, 0.717) is 5.91 Å². The van der Waals surface area contributed by atoms with Crippen LogP contribution >= 0.6 is 0 Å². The van der Waals surface area contributed by atoms with E-state index in [2.05, 4.69) is 21.1 Å². The predicted molar refractivity (Wildman–Crippen MR) is 104 cm³/mol. The van der Waals surface area contributed by atoms with Crippen molar-refractivity contribution in [1.29, 1.82) is 0 Å². The third-order valence-corrected chi connectivity index (χ3v) is 6.33. The van der Waals surface area contributed by atoms with Crippen molar-refractivity contribution in [3.8, 4) is 0 Å². The molecule has 0 saturated carbocycles. The monoisotopic (exact) mass is 446 g/mol. The summed E-state index contributed by atoms with van der Waals surface area (Å²) >= 11 is 0. The maximum Gasteiger partial charge on any atom is 0.490 e. The molecule has 1 N–H and O–H groups in total. The minimum atomic E-state index is -5.08. The molecule has 0 aromatic carbocycles. The zero-order valence-electron chi connectivity index (χ0n) is 17.6. The molecule has 3 aliphatic rings. The van der Waals surface area contributed by atoms with Gasteiger partial charge in [-0.05, 0) is 25.7 Å². The smallest absolute Gasteiger partial charge is 0.475 e. The number of likely N-dealkylation sites (tertiary alicyclic amines) is 2. The van der Waals surface area contributed by atoms with Crippen LogP contribution in [0.1, 0.15) is 31.2 Å². The number of amides is 1. The van der Waals surface area contributed by atoms with Gasteiger partial charge < -0.3 is 14.7 Å². The fourth-order valence-electron chi connectivity index (χ4n) is 4.79. The molecule has 1 atom stereocenters. The van der Waals surface area contributed by atoms with E-state index in [1.165, 1.54) is 5.56 Å². The quantitative estimate of drug-likeness (QED) is 0.763. The van der Waals surface area contributed by atoms with Gasteiger partial charge in [0.15, 0.2) is 0 Å². The number of nitrogens with zero attached hydrogens (tertiary/aromatic N) is 4. The van der Waals surface area contributed by atoms with Crippen LogP contribution in [0.5, 0.6) is 0 Å². The number of aryl methyl sites for hydroxylation is 1. The Labute approximate surface area is 178 Å². The summed E-state index contributed by atoms with van der Waals surface area (Å²) in [4.78, 5) is 26.6. The van der Waals surface area contributed by atoms with Crippen LogP contribution in [-0.4, -0.2) is 82.1 Å². The Morgan fingerprint density at radius 3 is 2.39 bits per heavy atom. The predicted octanol–water partition coefficient (Wildman–Crippen LogP) is 1.90. The van der Waals surface area contributed by atoms with Crippen molar-refractivity contribution in [3.05, 3.63) is 18.0 Å². The molecule has 1 amide bonds. The van der Waals surface area contributed by atoms with Gasteiger partial charge in [-0.15, -0.1) is 0 Å². The first-order chi connectivity index (χ1) is 14.6. The number of hydrogen-bond donors (Lipinski definition) is 1. The number of hydrogen-bond acceptors (Lipinski definition) is 5. The molecule has 0 aliphatic carbocycles. The van der Waals surface area contributed by atoms with Crippen LogP contribution in [0.15, 0.2) is 12.4 Å². The molecule has 0 bridgehead atoms. The van der Waals surface area contributed by atoms with E-state index in [1.54, 1.807) is 0 Å². The van der Waals surface area contributed by atoms with Gasteiger partial charge in [0, 0.05) is 70.2 Å². The molecule has 3 fully saturated rings. The van der Waals surface area contributed by atoms with Crippen LogP contribution in [0.4, 0.5) is 13.2 Å². The highest BCUT2D eigenvalue weighted by Gasteiger charge is 2.51. The van der Waals surface area contributed by atoms with Gasteiger partial charge in [-0.2, -0.15) is 18.3 Å². The van der Waals surface area contributed by atoms with Gasteiger partial charge in [-0.3, -0.25) is 14.4 Å². The Balaban J connectivity index is 0.000000339. The van der Waals surface area contributed by atoms with Crippen molar-refractivity contribution in [2.24, 2.45) is 18.4 Å². The second-order valence-electron chi connectivity index (χ2n) is 8.55. The molecule has 4 rings (SSSR count). The van der Waals surface area contributed by atoms with Gasteiger partial charge >= 0.3 is 12.1 Å². The molecule has 1 aromatic heterocycles. The molecule has 4 heterocycles. The van der Waals surface area contributed by atoms with Crippen molar-refractivity contribution < 1.29 is 32.6 Å². The Kier molecular flexibility index (Phi) is 7.25. The summed E-state index contributed by atoms with van der Waals surface area (Å²) in [5, 5.41) is 11.4. The molecule has 8 nitrogen and oxygen atoms in total. The first-order valence-corrected chi connectivity index (χ1v) is 10.5. The molecular weight excluding hydrogens is 417 g/mol. The number of ether oxygens (including phenoxy) is 1. The van der Waals surface area contributed by atoms with Crippen LogP contribution in [0, 0.1) is 11.3 Å². The first kappa shape index (κ1) is 23.5. The molecule has 1 aromatic rings. The zero-order chi connectivity index (χ0) is 22.6. The molecule has 0 radical (unpaired) electrons. The molecule has 11 heteroatoms. The number of halogens is 3. The Hall–Kier alpha value is -2.14. The van der Waals surface area contributed by atoms with Crippen LogP contribution in [-0.2, 0) is 27.9 Å². The zero-order valence-corrected chi connectivity index (χ0v) is 17.6. The highest BCUT2D eigenvalue weighted by Crippen LogP contribution is 2.45. The molecule has 3 aliphatic heterocycles. The van der Waals surface area contributed by atoms with E-state index in [1.807, 2.05) is 17.9 Å². The SMILES string of the molecule is Cn1cc(CN2CC(C(=O)N3CCCC3)C3(CCOCC3)C2)cn1.O=C(O)C(F)(F)F. The van der Waals surface area contributed by atoms with Gasteiger partial charge in [0.2, 0.25) is 5.91 Å². The van der Waals surface area contributed by atoms with Crippen LogP contribution < -0.4 is 0 Å². The van der Waals surface area contributed by atoms with E-state index in [-0.39, 0.29) is 11.3 Å². The third kappa shape index (κ3) is 5.76. The van der Waals surface area contributed by atoms with E-state index >= 15 is 0 Å². The van der Waals surface area contributed by atoms with E-state index in [4.69, 9.17) is 14.6 Å². The number of aromatic nitrogens is 2.